The Bertz CT molecular complexity index is 812. The third kappa shape index (κ3) is 2.67. The lowest BCUT2D eigenvalue weighted by Gasteiger charge is -2.30. The summed E-state index contributed by atoms with van der Waals surface area (Å²) in [6.07, 6.45) is 1.00. The monoisotopic (exact) mass is 320 g/mol. The zero-order valence-electron chi connectivity index (χ0n) is 12.2. The van der Waals surface area contributed by atoms with Crippen LogP contribution in [0.2, 0.25) is 5.02 Å². The molecule has 6 nitrogen and oxygen atoms in total. The van der Waals surface area contributed by atoms with Crippen molar-refractivity contribution < 1.29 is 0 Å². The number of hydrogen-bond acceptors (Lipinski definition) is 4. The van der Waals surface area contributed by atoms with Gasteiger partial charge in [0.05, 0.1) is 17.9 Å². The van der Waals surface area contributed by atoms with E-state index >= 15 is 0 Å². The summed E-state index contributed by atoms with van der Waals surface area (Å²) in [5, 5.41) is 3.73. The summed E-state index contributed by atoms with van der Waals surface area (Å²) in [4.78, 5) is 28.9. The van der Waals surface area contributed by atoms with E-state index in [1.807, 2.05) is 0 Å². The van der Waals surface area contributed by atoms with Gasteiger partial charge in [-0.2, -0.15) is 0 Å². The van der Waals surface area contributed by atoms with E-state index < -0.39 is 5.69 Å². The highest BCUT2D eigenvalue weighted by atomic mass is 35.5. The summed E-state index contributed by atoms with van der Waals surface area (Å²) in [7, 11) is 0. The van der Waals surface area contributed by atoms with Crippen LogP contribution < -0.4 is 16.6 Å². The number of aromatic nitrogens is 2. The number of hydrogen-bond donors (Lipinski definition) is 2. The standard InChI is InChI=1S/C15H17ClN4O2/c1-2-6-19-8-12-13(17-9-19)20(15(22)18-14(12)21)11-5-3-4-10(16)7-11/h3-5,7,17H,2,6,8-9H2,1H3,(H,18,21,22). The van der Waals surface area contributed by atoms with Gasteiger partial charge in [-0.15, -0.1) is 0 Å². The smallest absolute Gasteiger partial charge is 0.334 e. The van der Waals surface area contributed by atoms with E-state index in [0.717, 1.165) is 13.0 Å². The fourth-order valence-corrected chi connectivity index (χ4v) is 2.89. The summed E-state index contributed by atoms with van der Waals surface area (Å²) in [6.45, 7) is 4.10. The van der Waals surface area contributed by atoms with Crippen molar-refractivity contribution in [2.24, 2.45) is 0 Å². The van der Waals surface area contributed by atoms with E-state index in [-0.39, 0.29) is 5.56 Å². The van der Waals surface area contributed by atoms with E-state index in [0.29, 0.717) is 35.3 Å². The molecule has 0 amide bonds. The minimum Gasteiger partial charge on any atom is -0.358 e. The predicted octanol–water partition coefficient (Wildman–Crippen LogP) is 1.77. The van der Waals surface area contributed by atoms with Gasteiger partial charge in [-0.05, 0) is 31.2 Å². The average Bonchev–Trinajstić information content (AvgIpc) is 2.48. The molecule has 116 valence electrons. The maximum Gasteiger partial charge on any atom is 0.334 e. The van der Waals surface area contributed by atoms with E-state index in [1.165, 1.54) is 4.57 Å². The summed E-state index contributed by atoms with van der Waals surface area (Å²) in [5.41, 5.74) is 0.384. The average molecular weight is 321 g/mol. The number of H-pyrrole nitrogens is 1. The molecule has 1 aromatic carbocycles. The van der Waals surface area contributed by atoms with Crippen LogP contribution in [0.25, 0.3) is 5.69 Å². The molecule has 0 radical (unpaired) electrons. The Morgan fingerprint density at radius 1 is 1.32 bits per heavy atom. The van der Waals surface area contributed by atoms with Gasteiger partial charge in [-0.1, -0.05) is 24.6 Å². The van der Waals surface area contributed by atoms with Gasteiger partial charge in [0.15, 0.2) is 0 Å². The first-order valence-electron chi connectivity index (χ1n) is 7.20. The summed E-state index contributed by atoms with van der Waals surface area (Å²) in [5.74, 6) is 0.545. The van der Waals surface area contributed by atoms with Crippen molar-refractivity contribution in [1.29, 1.82) is 0 Å². The van der Waals surface area contributed by atoms with Crippen LogP contribution in [-0.4, -0.2) is 27.7 Å². The van der Waals surface area contributed by atoms with Crippen molar-refractivity contribution in [2.45, 2.75) is 19.9 Å². The van der Waals surface area contributed by atoms with Crippen LogP contribution in [0.5, 0.6) is 0 Å². The molecule has 0 spiro atoms. The first kappa shape index (κ1) is 14.9. The van der Waals surface area contributed by atoms with Gasteiger partial charge in [0.25, 0.3) is 5.56 Å². The molecular weight excluding hydrogens is 304 g/mol. The van der Waals surface area contributed by atoms with Crippen molar-refractivity contribution in [3.8, 4) is 5.69 Å². The number of nitrogens with zero attached hydrogens (tertiary/aromatic N) is 2. The number of anilines is 1. The molecule has 1 aromatic heterocycles. The highest BCUT2D eigenvalue weighted by molar-refractivity contribution is 6.30. The Morgan fingerprint density at radius 2 is 2.14 bits per heavy atom. The van der Waals surface area contributed by atoms with Crippen LogP contribution in [-0.2, 0) is 6.54 Å². The van der Waals surface area contributed by atoms with Crippen molar-refractivity contribution in [3.05, 3.63) is 55.7 Å². The van der Waals surface area contributed by atoms with Crippen molar-refractivity contribution in [3.63, 3.8) is 0 Å². The van der Waals surface area contributed by atoms with Gasteiger partial charge in [0.2, 0.25) is 0 Å². The van der Waals surface area contributed by atoms with Crippen molar-refractivity contribution in [2.75, 3.05) is 18.5 Å². The third-order valence-electron chi connectivity index (χ3n) is 3.67. The molecule has 0 saturated carbocycles. The number of rotatable bonds is 3. The maximum atomic E-state index is 12.2. The van der Waals surface area contributed by atoms with Gasteiger partial charge in [-0.3, -0.25) is 14.7 Å². The Balaban J connectivity index is 2.15. The first-order chi connectivity index (χ1) is 10.6. The van der Waals surface area contributed by atoms with Crippen LogP contribution in [0.15, 0.2) is 33.9 Å². The fourth-order valence-electron chi connectivity index (χ4n) is 2.71. The third-order valence-corrected chi connectivity index (χ3v) is 3.90. The Hall–Kier alpha value is -2.05. The molecule has 0 unspecified atom stereocenters. The summed E-state index contributed by atoms with van der Waals surface area (Å²) < 4.78 is 1.46. The molecule has 2 N–H and O–H groups in total. The molecule has 1 aliphatic rings. The van der Waals surface area contributed by atoms with Gasteiger partial charge < -0.3 is 5.32 Å². The highest BCUT2D eigenvalue weighted by Gasteiger charge is 2.22. The van der Waals surface area contributed by atoms with E-state index in [1.54, 1.807) is 24.3 Å². The molecule has 3 rings (SSSR count). The lowest BCUT2D eigenvalue weighted by molar-refractivity contribution is 0.273. The molecule has 0 saturated heterocycles. The van der Waals surface area contributed by atoms with Crippen LogP contribution >= 0.6 is 11.6 Å². The molecule has 0 aliphatic carbocycles. The molecule has 1 aliphatic heterocycles. The van der Waals surface area contributed by atoms with Crippen LogP contribution in [0.4, 0.5) is 5.82 Å². The molecule has 0 atom stereocenters. The van der Waals surface area contributed by atoms with Gasteiger partial charge in [-0.25, -0.2) is 9.36 Å². The van der Waals surface area contributed by atoms with Gasteiger partial charge >= 0.3 is 5.69 Å². The second-order valence-corrected chi connectivity index (χ2v) is 5.73. The van der Waals surface area contributed by atoms with Crippen LogP contribution in [0, 0.1) is 0 Å². The lowest BCUT2D eigenvalue weighted by Crippen LogP contribution is -2.43. The first-order valence-corrected chi connectivity index (χ1v) is 7.58. The summed E-state index contributed by atoms with van der Waals surface area (Å²) >= 11 is 6.01. The van der Waals surface area contributed by atoms with Crippen molar-refractivity contribution in [1.82, 2.24) is 14.5 Å². The molecule has 0 fully saturated rings. The molecule has 2 heterocycles. The van der Waals surface area contributed by atoms with E-state index in [9.17, 15) is 9.59 Å². The van der Waals surface area contributed by atoms with E-state index in [4.69, 9.17) is 11.6 Å². The quantitative estimate of drug-likeness (QED) is 0.904. The number of fused-ring (bicyclic) bond motifs is 1. The normalized spacial score (nSPS) is 14.5. The zero-order valence-corrected chi connectivity index (χ0v) is 13.0. The minimum absolute atomic E-state index is 0.341. The summed E-state index contributed by atoms with van der Waals surface area (Å²) in [6, 6.07) is 6.99. The second kappa shape index (κ2) is 5.98. The molecular formula is C15H17ClN4O2. The molecule has 22 heavy (non-hydrogen) atoms. The predicted molar refractivity (Wildman–Crippen MR) is 86.9 cm³/mol. The van der Waals surface area contributed by atoms with Crippen LogP contribution in [0.1, 0.15) is 18.9 Å². The topological polar surface area (TPSA) is 70.1 Å². The Labute approximate surface area is 132 Å². The zero-order chi connectivity index (χ0) is 15.7. The Morgan fingerprint density at radius 3 is 2.86 bits per heavy atom. The van der Waals surface area contributed by atoms with Crippen LogP contribution in [0.3, 0.4) is 0 Å². The van der Waals surface area contributed by atoms with Gasteiger partial charge in [0.1, 0.15) is 5.82 Å². The van der Waals surface area contributed by atoms with Gasteiger partial charge in [0, 0.05) is 11.6 Å². The lowest BCUT2D eigenvalue weighted by atomic mass is 10.2. The number of halogens is 1. The molecule has 0 bridgehead atoms. The maximum absolute atomic E-state index is 12.2. The van der Waals surface area contributed by atoms with E-state index in [2.05, 4.69) is 22.1 Å². The number of nitrogens with one attached hydrogen (secondary N) is 2. The number of aromatic amines is 1. The number of benzene rings is 1. The largest absolute Gasteiger partial charge is 0.358 e. The Kier molecular flexibility index (Phi) is 4.04. The highest BCUT2D eigenvalue weighted by Crippen LogP contribution is 2.22. The van der Waals surface area contributed by atoms with Crippen molar-refractivity contribution >= 4 is 17.4 Å². The molecule has 2 aromatic rings. The SMILES string of the molecule is CCCN1CNc2c(c(=O)[nH]c(=O)n2-c2cccc(Cl)c2)C1. The minimum atomic E-state index is -0.470. The molecule has 7 heteroatoms. The fraction of sp³-hybridized carbons (Fsp3) is 0.333. The second-order valence-electron chi connectivity index (χ2n) is 5.29.